The maximum atomic E-state index is 13.5. The predicted molar refractivity (Wildman–Crippen MR) is 141 cm³/mol. The second-order valence-electron chi connectivity index (χ2n) is 10.0. The van der Waals surface area contributed by atoms with Crippen LogP contribution in [0.2, 0.25) is 0 Å². The van der Waals surface area contributed by atoms with E-state index in [-0.39, 0.29) is 16.9 Å². The molecule has 5 rings (SSSR count). The Balaban J connectivity index is 1.56. The van der Waals surface area contributed by atoms with Crippen molar-refractivity contribution in [2.24, 2.45) is 0 Å². The van der Waals surface area contributed by atoms with Crippen LogP contribution in [-0.2, 0) is 5.54 Å². The van der Waals surface area contributed by atoms with Gasteiger partial charge in [0.05, 0.1) is 12.6 Å². The summed E-state index contributed by atoms with van der Waals surface area (Å²) in [5, 5.41) is 13.7. The van der Waals surface area contributed by atoms with Gasteiger partial charge in [-0.3, -0.25) is 9.69 Å². The quantitative estimate of drug-likeness (QED) is 0.409. The third-order valence-electron chi connectivity index (χ3n) is 7.42. The van der Waals surface area contributed by atoms with Crippen molar-refractivity contribution in [2.45, 2.75) is 38.8 Å². The van der Waals surface area contributed by atoms with Crippen LogP contribution >= 0.6 is 0 Å². The number of rotatable bonds is 7. The average molecular weight is 506 g/mol. The highest BCUT2D eigenvalue weighted by Crippen LogP contribution is 2.32. The Morgan fingerprint density at radius 2 is 1.81 bits per heavy atom. The van der Waals surface area contributed by atoms with Gasteiger partial charge in [0.15, 0.2) is 5.82 Å². The topological polar surface area (TPSA) is 92.2 Å². The van der Waals surface area contributed by atoms with Gasteiger partial charge in [0.25, 0.3) is 5.56 Å². The van der Waals surface area contributed by atoms with Crippen molar-refractivity contribution < 1.29 is 9.13 Å². The maximum Gasteiger partial charge on any atom is 0.253 e. The first-order valence-corrected chi connectivity index (χ1v) is 12.5. The molecule has 1 saturated heterocycles. The molecule has 9 nitrogen and oxygen atoms in total. The number of benzene rings is 2. The molecule has 4 aromatic rings. The second kappa shape index (κ2) is 9.93. The van der Waals surface area contributed by atoms with Crippen molar-refractivity contribution in [3.05, 3.63) is 76.1 Å². The number of aromatic nitrogens is 5. The van der Waals surface area contributed by atoms with Crippen LogP contribution in [0.15, 0.2) is 53.3 Å². The minimum Gasteiger partial charge on any atom is -0.497 e. The SMILES string of the molecule is CCC(C)(C)n1nnnc1[C@@H](c1cc2cc(OC)ccc2[nH]c1=O)N1CCN(c2ccc(F)cc2)CC1. The van der Waals surface area contributed by atoms with E-state index in [1.54, 1.807) is 19.2 Å². The van der Waals surface area contributed by atoms with Crippen LogP contribution in [0.3, 0.4) is 0 Å². The molecule has 1 aliphatic heterocycles. The molecule has 37 heavy (non-hydrogen) atoms. The van der Waals surface area contributed by atoms with Crippen molar-refractivity contribution in [3.63, 3.8) is 0 Å². The molecule has 0 bridgehead atoms. The molecular formula is C27H32FN7O2. The molecule has 0 unspecified atom stereocenters. The summed E-state index contributed by atoms with van der Waals surface area (Å²) in [6.07, 6.45) is 0.821. The summed E-state index contributed by atoms with van der Waals surface area (Å²) < 4.78 is 20.7. The number of pyridine rings is 1. The fourth-order valence-corrected chi connectivity index (χ4v) is 4.87. The van der Waals surface area contributed by atoms with Gasteiger partial charge in [0, 0.05) is 48.3 Å². The van der Waals surface area contributed by atoms with Crippen molar-refractivity contribution in [2.75, 3.05) is 38.2 Å². The number of hydrogen-bond acceptors (Lipinski definition) is 7. The van der Waals surface area contributed by atoms with Crippen molar-refractivity contribution in [1.82, 2.24) is 30.1 Å². The Bertz CT molecular complexity index is 1440. The van der Waals surface area contributed by atoms with Crippen LogP contribution in [0, 0.1) is 5.82 Å². The molecule has 1 N–H and O–H groups in total. The number of halogens is 1. The molecule has 0 aliphatic carbocycles. The molecule has 10 heteroatoms. The van der Waals surface area contributed by atoms with E-state index < -0.39 is 6.04 Å². The van der Waals surface area contributed by atoms with Crippen molar-refractivity contribution in [3.8, 4) is 5.75 Å². The lowest BCUT2D eigenvalue weighted by Gasteiger charge is -2.40. The highest BCUT2D eigenvalue weighted by Gasteiger charge is 2.35. The standard InChI is InChI=1S/C27H32FN7O2/c1-5-27(2,3)35-25(30-31-32-35)24(22-17-18-16-21(37-4)10-11-23(18)29-26(22)36)34-14-12-33(13-15-34)20-8-6-19(28)7-9-20/h6-11,16-17,24H,5,12-15H2,1-4H3,(H,29,36)/t24-/m1/s1. The van der Waals surface area contributed by atoms with Gasteiger partial charge < -0.3 is 14.6 Å². The third-order valence-corrected chi connectivity index (χ3v) is 7.42. The van der Waals surface area contributed by atoms with E-state index in [0.717, 1.165) is 36.1 Å². The Morgan fingerprint density at radius 1 is 1.08 bits per heavy atom. The Hall–Kier alpha value is -3.79. The zero-order valence-corrected chi connectivity index (χ0v) is 21.6. The number of methoxy groups -OCH3 is 1. The van der Waals surface area contributed by atoms with E-state index in [1.165, 1.54) is 12.1 Å². The van der Waals surface area contributed by atoms with Crippen LogP contribution in [0.1, 0.15) is 44.6 Å². The van der Waals surface area contributed by atoms with Crippen LogP contribution in [-0.4, -0.2) is 63.4 Å². The van der Waals surface area contributed by atoms with E-state index in [2.05, 4.69) is 51.1 Å². The van der Waals surface area contributed by atoms with E-state index >= 15 is 0 Å². The zero-order valence-electron chi connectivity index (χ0n) is 21.6. The number of nitrogens with zero attached hydrogens (tertiary/aromatic N) is 6. The molecule has 194 valence electrons. The maximum absolute atomic E-state index is 13.5. The minimum atomic E-state index is -0.449. The molecule has 1 aliphatic rings. The molecule has 0 amide bonds. The van der Waals surface area contributed by atoms with Gasteiger partial charge in [-0.1, -0.05) is 6.92 Å². The number of aromatic amines is 1. The molecule has 0 saturated carbocycles. The summed E-state index contributed by atoms with van der Waals surface area (Å²) in [6.45, 7) is 9.07. The minimum absolute atomic E-state index is 0.174. The first-order valence-electron chi connectivity index (χ1n) is 12.5. The summed E-state index contributed by atoms with van der Waals surface area (Å²) in [7, 11) is 1.62. The molecule has 1 atom stereocenters. The molecule has 1 fully saturated rings. The van der Waals surface area contributed by atoms with Gasteiger partial charge in [-0.2, -0.15) is 0 Å². The van der Waals surface area contributed by atoms with Crippen molar-refractivity contribution in [1.29, 1.82) is 0 Å². The van der Waals surface area contributed by atoms with Gasteiger partial charge in [-0.05, 0) is 79.2 Å². The summed E-state index contributed by atoms with van der Waals surface area (Å²) in [5.74, 6) is 1.10. The molecule has 2 aromatic heterocycles. The summed E-state index contributed by atoms with van der Waals surface area (Å²) in [4.78, 5) is 21.0. The second-order valence-corrected chi connectivity index (χ2v) is 10.0. The summed E-state index contributed by atoms with van der Waals surface area (Å²) in [5.41, 5.74) is 1.79. The molecule has 0 radical (unpaired) electrons. The highest BCUT2D eigenvalue weighted by molar-refractivity contribution is 5.80. The van der Waals surface area contributed by atoms with Gasteiger partial charge in [-0.15, -0.1) is 5.10 Å². The Kier molecular flexibility index (Phi) is 6.68. The average Bonchev–Trinajstić information content (AvgIpc) is 3.40. The first-order chi connectivity index (χ1) is 17.8. The van der Waals surface area contributed by atoms with Crippen LogP contribution in [0.5, 0.6) is 5.75 Å². The van der Waals surface area contributed by atoms with E-state index in [0.29, 0.717) is 30.2 Å². The van der Waals surface area contributed by atoms with Gasteiger partial charge in [-0.25, -0.2) is 9.07 Å². The number of tetrazole rings is 1. The monoisotopic (exact) mass is 505 g/mol. The molecule has 2 aromatic carbocycles. The van der Waals surface area contributed by atoms with E-state index in [1.807, 2.05) is 28.9 Å². The lowest BCUT2D eigenvalue weighted by molar-refractivity contribution is 0.186. The lowest BCUT2D eigenvalue weighted by Crippen LogP contribution is -2.49. The van der Waals surface area contributed by atoms with Crippen LogP contribution < -0.4 is 15.2 Å². The predicted octanol–water partition coefficient (Wildman–Crippen LogP) is 3.72. The van der Waals surface area contributed by atoms with Crippen molar-refractivity contribution >= 4 is 16.6 Å². The normalized spacial score (nSPS) is 15.8. The van der Waals surface area contributed by atoms with E-state index in [9.17, 15) is 9.18 Å². The molecule has 0 spiro atoms. The van der Waals surface area contributed by atoms with Crippen LogP contribution in [0.25, 0.3) is 10.9 Å². The van der Waals surface area contributed by atoms with Gasteiger partial charge in [0.1, 0.15) is 17.6 Å². The van der Waals surface area contributed by atoms with Crippen LogP contribution in [0.4, 0.5) is 10.1 Å². The highest BCUT2D eigenvalue weighted by atomic mass is 19.1. The Labute approximate surface area is 214 Å². The largest absolute Gasteiger partial charge is 0.497 e. The third kappa shape index (κ3) is 4.81. The molecular weight excluding hydrogens is 473 g/mol. The fourth-order valence-electron chi connectivity index (χ4n) is 4.87. The number of nitrogens with one attached hydrogen (secondary N) is 1. The van der Waals surface area contributed by atoms with Gasteiger partial charge in [0.2, 0.25) is 0 Å². The number of H-pyrrole nitrogens is 1. The Morgan fingerprint density at radius 3 is 2.49 bits per heavy atom. The number of ether oxygens (including phenoxy) is 1. The van der Waals surface area contributed by atoms with E-state index in [4.69, 9.17) is 4.74 Å². The molecule has 3 heterocycles. The fraction of sp³-hybridized carbons (Fsp3) is 0.407. The first kappa shape index (κ1) is 24.9. The summed E-state index contributed by atoms with van der Waals surface area (Å²) >= 11 is 0. The number of fused-ring (bicyclic) bond motifs is 1. The van der Waals surface area contributed by atoms with Gasteiger partial charge >= 0.3 is 0 Å². The lowest BCUT2D eigenvalue weighted by atomic mass is 9.98. The number of anilines is 1. The summed E-state index contributed by atoms with van der Waals surface area (Å²) in [6, 6.07) is 13.6. The zero-order chi connectivity index (χ0) is 26.2. The number of piperazine rings is 1. The number of hydrogen-bond donors (Lipinski definition) is 1. The smallest absolute Gasteiger partial charge is 0.253 e.